The van der Waals surface area contributed by atoms with Crippen LogP contribution in [0.15, 0.2) is 18.2 Å². The number of hydrogen-bond acceptors (Lipinski definition) is 4. The molecule has 1 aliphatic heterocycles. The number of carboxylic acids is 1. The van der Waals surface area contributed by atoms with E-state index in [0.717, 1.165) is 16.7 Å². The smallest absolute Gasteiger partial charge is 0.325 e. The molecule has 0 saturated carbocycles. The highest BCUT2D eigenvalue weighted by atomic mass is 16.4. The van der Waals surface area contributed by atoms with Gasteiger partial charge in [-0.2, -0.15) is 0 Å². The lowest BCUT2D eigenvalue weighted by atomic mass is 9.97. The molecule has 25 heavy (non-hydrogen) atoms. The second kappa shape index (κ2) is 8.45. The Morgan fingerprint density at radius 3 is 2.32 bits per heavy atom. The fourth-order valence-electron chi connectivity index (χ4n) is 3.37. The fourth-order valence-corrected chi connectivity index (χ4v) is 3.37. The number of hydrogen-bond donors (Lipinski definition) is 2. The first-order valence-corrected chi connectivity index (χ1v) is 8.83. The summed E-state index contributed by atoms with van der Waals surface area (Å²) in [5.41, 5.74) is 2.99. The van der Waals surface area contributed by atoms with Crippen molar-refractivity contribution in [1.29, 1.82) is 0 Å². The highest BCUT2D eigenvalue weighted by Gasteiger charge is 2.31. The molecule has 0 bridgehead atoms. The monoisotopic (exact) mass is 347 g/mol. The molecule has 6 heteroatoms. The van der Waals surface area contributed by atoms with E-state index < -0.39 is 12.0 Å². The van der Waals surface area contributed by atoms with E-state index in [1.165, 1.54) is 0 Å². The molecule has 1 aromatic rings. The van der Waals surface area contributed by atoms with Crippen LogP contribution < -0.4 is 5.32 Å². The van der Waals surface area contributed by atoms with Crippen LogP contribution in [0, 0.1) is 13.8 Å². The van der Waals surface area contributed by atoms with Crippen molar-refractivity contribution >= 4 is 11.9 Å². The van der Waals surface area contributed by atoms with Crippen molar-refractivity contribution in [2.24, 2.45) is 0 Å². The molecular weight excluding hydrogens is 318 g/mol. The average Bonchev–Trinajstić information content (AvgIpc) is 2.50. The lowest BCUT2D eigenvalue weighted by Gasteiger charge is -2.38. The summed E-state index contributed by atoms with van der Waals surface area (Å²) in [7, 11) is 0. The molecular formula is C19H29N3O3. The molecule has 0 spiro atoms. The summed E-state index contributed by atoms with van der Waals surface area (Å²) in [6, 6.07) is 5.41. The van der Waals surface area contributed by atoms with Crippen molar-refractivity contribution in [3.8, 4) is 0 Å². The minimum Gasteiger partial charge on any atom is -0.480 e. The van der Waals surface area contributed by atoms with E-state index in [9.17, 15) is 14.7 Å². The number of carboxylic acid groups (broad SMARTS) is 1. The van der Waals surface area contributed by atoms with Gasteiger partial charge in [0.15, 0.2) is 0 Å². The Morgan fingerprint density at radius 2 is 1.80 bits per heavy atom. The van der Waals surface area contributed by atoms with Gasteiger partial charge in [0.25, 0.3) is 0 Å². The van der Waals surface area contributed by atoms with Crippen molar-refractivity contribution in [2.45, 2.75) is 39.8 Å². The van der Waals surface area contributed by atoms with Crippen molar-refractivity contribution < 1.29 is 14.7 Å². The second-order valence-electron chi connectivity index (χ2n) is 7.14. The number of piperazine rings is 1. The Morgan fingerprint density at radius 1 is 1.16 bits per heavy atom. The number of aliphatic carboxylic acids is 1. The zero-order valence-corrected chi connectivity index (χ0v) is 15.6. The molecule has 0 aromatic heterocycles. The van der Waals surface area contributed by atoms with Gasteiger partial charge in [-0.1, -0.05) is 23.8 Å². The summed E-state index contributed by atoms with van der Waals surface area (Å²) < 4.78 is 0. The lowest BCUT2D eigenvalue weighted by Crippen LogP contribution is -2.52. The summed E-state index contributed by atoms with van der Waals surface area (Å²) >= 11 is 0. The molecule has 138 valence electrons. The summed E-state index contributed by atoms with van der Waals surface area (Å²) in [4.78, 5) is 27.9. The van der Waals surface area contributed by atoms with E-state index in [1.54, 1.807) is 0 Å². The highest BCUT2D eigenvalue weighted by molar-refractivity contribution is 5.78. The third-order valence-electron chi connectivity index (χ3n) is 4.54. The Labute approximate surface area is 149 Å². The Hall–Kier alpha value is -1.92. The molecule has 1 fully saturated rings. The average molecular weight is 347 g/mol. The SMILES string of the molecule is Cc1ccc([C@@H](C(=O)O)N2CCN(CC(=O)NC(C)C)CC2)c(C)c1. The number of rotatable bonds is 6. The molecule has 1 atom stereocenters. The van der Waals surface area contributed by atoms with Gasteiger partial charge in [-0.05, 0) is 38.8 Å². The van der Waals surface area contributed by atoms with Crippen LogP contribution >= 0.6 is 0 Å². The number of carbonyl (C=O) groups excluding carboxylic acids is 1. The maximum atomic E-state index is 11.9. The van der Waals surface area contributed by atoms with Crippen LogP contribution in [0.5, 0.6) is 0 Å². The molecule has 1 heterocycles. The molecule has 1 aromatic carbocycles. The van der Waals surface area contributed by atoms with Crippen LogP contribution in [-0.2, 0) is 9.59 Å². The maximum Gasteiger partial charge on any atom is 0.325 e. The van der Waals surface area contributed by atoms with Gasteiger partial charge in [0, 0.05) is 32.2 Å². The van der Waals surface area contributed by atoms with Crippen LogP contribution in [0.2, 0.25) is 0 Å². The molecule has 1 saturated heterocycles. The van der Waals surface area contributed by atoms with Gasteiger partial charge < -0.3 is 10.4 Å². The van der Waals surface area contributed by atoms with Crippen LogP contribution in [0.3, 0.4) is 0 Å². The standard InChI is InChI=1S/C19H29N3O3/c1-13(2)20-17(23)12-21-7-9-22(10-8-21)18(19(24)25)16-6-5-14(3)11-15(16)4/h5-6,11,13,18H,7-10,12H2,1-4H3,(H,20,23)(H,24,25)/t18-/m0/s1. The minimum absolute atomic E-state index is 0.0209. The summed E-state index contributed by atoms with van der Waals surface area (Å²) in [5, 5.41) is 12.7. The van der Waals surface area contributed by atoms with Crippen LogP contribution in [0.1, 0.15) is 36.6 Å². The molecule has 0 unspecified atom stereocenters. The van der Waals surface area contributed by atoms with Gasteiger partial charge in [0.1, 0.15) is 6.04 Å². The molecule has 6 nitrogen and oxygen atoms in total. The van der Waals surface area contributed by atoms with Gasteiger partial charge in [0.05, 0.1) is 6.54 Å². The van der Waals surface area contributed by atoms with Crippen molar-refractivity contribution in [3.63, 3.8) is 0 Å². The van der Waals surface area contributed by atoms with E-state index >= 15 is 0 Å². The van der Waals surface area contributed by atoms with Crippen LogP contribution in [-0.4, -0.2) is 65.5 Å². The number of amides is 1. The first-order valence-electron chi connectivity index (χ1n) is 8.83. The van der Waals surface area contributed by atoms with Gasteiger partial charge in [-0.3, -0.25) is 19.4 Å². The zero-order valence-electron chi connectivity index (χ0n) is 15.6. The number of nitrogens with one attached hydrogen (secondary N) is 1. The predicted octanol–water partition coefficient (Wildman–Crippen LogP) is 1.57. The van der Waals surface area contributed by atoms with Crippen molar-refractivity contribution in [3.05, 3.63) is 34.9 Å². The van der Waals surface area contributed by atoms with Crippen LogP contribution in [0.25, 0.3) is 0 Å². The first kappa shape index (κ1) is 19.4. The fraction of sp³-hybridized carbons (Fsp3) is 0.579. The maximum absolute atomic E-state index is 11.9. The van der Waals surface area contributed by atoms with E-state index in [1.807, 2.05) is 50.8 Å². The Kier molecular flexibility index (Phi) is 6.56. The van der Waals surface area contributed by atoms with Crippen molar-refractivity contribution in [2.75, 3.05) is 32.7 Å². The normalized spacial score (nSPS) is 17.5. The zero-order chi connectivity index (χ0) is 18.6. The van der Waals surface area contributed by atoms with Gasteiger partial charge in [0.2, 0.25) is 5.91 Å². The first-order chi connectivity index (χ1) is 11.8. The molecule has 1 amide bonds. The van der Waals surface area contributed by atoms with E-state index in [2.05, 4.69) is 10.2 Å². The van der Waals surface area contributed by atoms with Gasteiger partial charge in [-0.25, -0.2) is 0 Å². The lowest BCUT2D eigenvalue weighted by molar-refractivity contribution is -0.144. The third kappa shape index (κ3) is 5.28. The summed E-state index contributed by atoms with van der Waals surface area (Å²) in [6.07, 6.45) is 0. The quantitative estimate of drug-likeness (QED) is 0.817. The van der Waals surface area contributed by atoms with Gasteiger partial charge in [-0.15, -0.1) is 0 Å². The van der Waals surface area contributed by atoms with E-state index in [0.29, 0.717) is 32.7 Å². The number of aryl methyl sites for hydroxylation is 2. The van der Waals surface area contributed by atoms with Gasteiger partial charge >= 0.3 is 5.97 Å². The van der Waals surface area contributed by atoms with E-state index in [-0.39, 0.29) is 11.9 Å². The molecule has 2 rings (SSSR count). The topological polar surface area (TPSA) is 72.9 Å². The second-order valence-corrected chi connectivity index (χ2v) is 7.14. The summed E-state index contributed by atoms with van der Waals surface area (Å²) in [6.45, 7) is 10.9. The largest absolute Gasteiger partial charge is 0.480 e. The predicted molar refractivity (Wildman–Crippen MR) is 97.6 cm³/mol. The number of carbonyl (C=O) groups is 2. The highest BCUT2D eigenvalue weighted by Crippen LogP contribution is 2.26. The minimum atomic E-state index is -0.821. The van der Waals surface area contributed by atoms with Crippen molar-refractivity contribution in [1.82, 2.24) is 15.1 Å². The molecule has 1 aliphatic rings. The van der Waals surface area contributed by atoms with E-state index in [4.69, 9.17) is 0 Å². The Bertz CT molecular complexity index is 622. The third-order valence-corrected chi connectivity index (χ3v) is 4.54. The number of benzene rings is 1. The van der Waals surface area contributed by atoms with Crippen LogP contribution in [0.4, 0.5) is 0 Å². The molecule has 0 radical (unpaired) electrons. The Balaban J connectivity index is 2.01. The molecule has 2 N–H and O–H groups in total. The number of nitrogens with zero attached hydrogens (tertiary/aromatic N) is 2. The molecule has 0 aliphatic carbocycles. The summed E-state index contributed by atoms with van der Waals surface area (Å²) in [5.74, 6) is -0.800.